The molecule has 2 aromatic rings. The lowest BCUT2D eigenvalue weighted by molar-refractivity contribution is 0.474. The monoisotopic (exact) mass is 259 g/mol. The first-order chi connectivity index (χ1) is 9.17. The van der Waals surface area contributed by atoms with E-state index in [9.17, 15) is 9.50 Å². The molecule has 0 aliphatic carbocycles. The van der Waals surface area contributed by atoms with Gasteiger partial charge in [-0.05, 0) is 60.7 Å². The number of hydrogen-bond acceptors (Lipinski definition) is 2. The molecule has 0 radical (unpaired) electrons. The maximum atomic E-state index is 13.1. The van der Waals surface area contributed by atoms with Gasteiger partial charge >= 0.3 is 0 Å². The molecule has 0 aliphatic rings. The van der Waals surface area contributed by atoms with Gasteiger partial charge in [-0.15, -0.1) is 0 Å². The molecule has 2 aromatic carbocycles. The Labute approximate surface area is 112 Å². The molecule has 1 unspecified atom stereocenters. The second-order valence-electron chi connectivity index (χ2n) is 4.81. The molecule has 3 N–H and O–H groups in total. The van der Waals surface area contributed by atoms with Crippen LogP contribution in [0.4, 0.5) is 4.39 Å². The van der Waals surface area contributed by atoms with Crippen molar-refractivity contribution >= 4 is 0 Å². The van der Waals surface area contributed by atoms with E-state index >= 15 is 0 Å². The summed E-state index contributed by atoms with van der Waals surface area (Å²) in [6, 6.07) is 13.8. The van der Waals surface area contributed by atoms with Crippen LogP contribution < -0.4 is 5.73 Å². The summed E-state index contributed by atoms with van der Waals surface area (Å²) in [7, 11) is 0. The zero-order valence-corrected chi connectivity index (χ0v) is 10.7. The lowest BCUT2D eigenvalue weighted by Gasteiger charge is -2.15. The molecule has 3 heteroatoms. The molecule has 0 spiro atoms. The summed E-state index contributed by atoms with van der Waals surface area (Å²) in [5.74, 6) is 0.322. The van der Waals surface area contributed by atoms with Crippen molar-refractivity contribution in [1.29, 1.82) is 0 Å². The van der Waals surface area contributed by atoms with Crippen molar-refractivity contribution in [1.82, 2.24) is 0 Å². The van der Waals surface area contributed by atoms with Crippen LogP contribution in [0, 0.1) is 11.7 Å². The minimum atomic E-state index is -0.210. The van der Waals surface area contributed by atoms with E-state index in [1.165, 1.54) is 6.07 Å². The van der Waals surface area contributed by atoms with Gasteiger partial charge in [-0.25, -0.2) is 4.39 Å². The van der Waals surface area contributed by atoms with E-state index in [2.05, 4.69) is 0 Å². The van der Waals surface area contributed by atoms with Gasteiger partial charge in [-0.2, -0.15) is 0 Å². The number of benzene rings is 2. The lowest BCUT2D eigenvalue weighted by Crippen LogP contribution is -2.19. The van der Waals surface area contributed by atoms with Crippen molar-refractivity contribution in [2.45, 2.75) is 12.8 Å². The Morgan fingerprint density at radius 1 is 1.00 bits per heavy atom. The minimum absolute atomic E-state index is 0.210. The van der Waals surface area contributed by atoms with Gasteiger partial charge in [0.2, 0.25) is 0 Å². The summed E-state index contributed by atoms with van der Waals surface area (Å²) in [5, 5.41) is 9.25. The fourth-order valence-corrected chi connectivity index (χ4v) is 2.20. The molecule has 0 heterocycles. The highest BCUT2D eigenvalue weighted by atomic mass is 19.1. The molecule has 2 rings (SSSR count). The van der Waals surface area contributed by atoms with Gasteiger partial charge < -0.3 is 10.8 Å². The van der Waals surface area contributed by atoms with Crippen LogP contribution in [0.2, 0.25) is 0 Å². The highest BCUT2D eigenvalue weighted by Crippen LogP contribution is 2.17. The first-order valence-electron chi connectivity index (χ1n) is 6.40. The molecule has 0 aliphatic heterocycles. The van der Waals surface area contributed by atoms with Gasteiger partial charge in [0.1, 0.15) is 11.6 Å². The van der Waals surface area contributed by atoms with Crippen LogP contribution in [0.5, 0.6) is 5.75 Å². The largest absolute Gasteiger partial charge is 0.508 e. The number of rotatable bonds is 5. The Kier molecular flexibility index (Phi) is 4.53. The van der Waals surface area contributed by atoms with Crippen LogP contribution in [-0.4, -0.2) is 11.7 Å². The number of hydrogen-bond donors (Lipinski definition) is 2. The molecule has 0 bridgehead atoms. The summed E-state index contributed by atoms with van der Waals surface area (Å²) in [4.78, 5) is 0. The van der Waals surface area contributed by atoms with Gasteiger partial charge in [0.15, 0.2) is 0 Å². The van der Waals surface area contributed by atoms with Crippen LogP contribution in [0.15, 0.2) is 48.5 Å². The van der Waals surface area contributed by atoms with Crippen LogP contribution >= 0.6 is 0 Å². The number of nitrogens with two attached hydrogens (primary N) is 1. The van der Waals surface area contributed by atoms with Crippen molar-refractivity contribution < 1.29 is 9.50 Å². The number of aromatic hydroxyl groups is 1. The first kappa shape index (κ1) is 13.6. The van der Waals surface area contributed by atoms with E-state index in [-0.39, 0.29) is 17.5 Å². The molecule has 0 saturated heterocycles. The van der Waals surface area contributed by atoms with Crippen molar-refractivity contribution in [2.75, 3.05) is 6.54 Å². The molecule has 0 fully saturated rings. The summed E-state index contributed by atoms with van der Waals surface area (Å²) >= 11 is 0. The number of phenolic OH excluding ortho intramolecular Hbond substituents is 1. The number of phenols is 1. The van der Waals surface area contributed by atoms with E-state index in [0.29, 0.717) is 6.54 Å². The normalized spacial score (nSPS) is 12.3. The van der Waals surface area contributed by atoms with Crippen molar-refractivity contribution in [3.8, 4) is 5.75 Å². The highest BCUT2D eigenvalue weighted by molar-refractivity contribution is 5.26. The molecule has 0 amide bonds. The molecular formula is C16H18FNO. The van der Waals surface area contributed by atoms with E-state index in [4.69, 9.17) is 5.73 Å². The molecule has 0 saturated carbocycles. The highest BCUT2D eigenvalue weighted by Gasteiger charge is 2.09. The molecule has 19 heavy (non-hydrogen) atoms. The molecular weight excluding hydrogens is 241 g/mol. The van der Waals surface area contributed by atoms with Gasteiger partial charge in [-0.1, -0.05) is 24.3 Å². The third-order valence-electron chi connectivity index (χ3n) is 3.21. The Bertz CT molecular complexity index is 525. The zero-order chi connectivity index (χ0) is 13.7. The Hall–Kier alpha value is -1.87. The molecule has 100 valence electrons. The van der Waals surface area contributed by atoms with Gasteiger partial charge in [0.25, 0.3) is 0 Å². The fourth-order valence-electron chi connectivity index (χ4n) is 2.20. The summed E-state index contributed by atoms with van der Waals surface area (Å²) in [5.41, 5.74) is 7.89. The summed E-state index contributed by atoms with van der Waals surface area (Å²) in [6.07, 6.45) is 1.59. The van der Waals surface area contributed by atoms with Crippen molar-refractivity contribution in [2.24, 2.45) is 11.7 Å². The lowest BCUT2D eigenvalue weighted by atomic mass is 9.92. The van der Waals surface area contributed by atoms with Gasteiger partial charge in [0, 0.05) is 0 Å². The van der Waals surface area contributed by atoms with Crippen LogP contribution in [0.25, 0.3) is 0 Å². The Morgan fingerprint density at radius 3 is 2.32 bits per heavy atom. The average molecular weight is 259 g/mol. The maximum absolute atomic E-state index is 13.1. The summed E-state index contributed by atoms with van der Waals surface area (Å²) < 4.78 is 13.1. The van der Waals surface area contributed by atoms with Crippen molar-refractivity contribution in [3.05, 3.63) is 65.5 Å². The average Bonchev–Trinajstić information content (AvgIpc) is 2.40. The number of halogens is 1. The first-order valence-corrected chi connectivity index (χ1v) is 6.40. The minimum Gasteiger partial charge on any atom is -0.508 e. The van der Waals surface area contributed by atoms with Gasteiger partial charge in [0.05, 0.1) is 0 Å². The molecule has 1 atom stereocenters. The smallest absolute Gasteiger partial charge is 0.123 e. The quantitative estimate of drug-likeness (QED) is 0.867. The van der Waals surface area contributed by atoms with Crippen LogP contribution in [0.3, 0.4) is 0 Å². The standard InChI is InChI=1S/C16H18FNO/c17-15-3-1-2-13(10-15)9-14(11-18)8-12-4-6-16(19)7-5-12/h1-7,10,14,19H,8-9,11,18H2. The maximum Gasteiger partial charge on any atom is 0.123 e. The second-order valence-corrected chi connectivity index (χ2v) is 4.81. The second kappa shape index (κ2) is 6.34. The van der Waals surface area contributed by atoms with E-state index in [1.54, 1.807) is 24.3 Å². The predicted octanol–water partition coefficient (Wildman–Crippen LogP) is 2.89. The Balaban J connectivity index is 2.02. The van der Waals surface area contributed by atoms with Crippen LogP contribution in [-0.2, 0) is 12.8 Å². The third kappa shape index (κ3) is 4.07. The van der Waals surface area contributed by atoms with E-state index in [1.807, 2.05) is 18.2 Å². The van der Waals surface area contributed by atoms with E-state index in [0.717, 1.165) is 24.0 Å². The van der Waals surface area contributed by atoms with Crippen LogP contribution in [0.1, 0.15) is 11.1 Å². The molecule has 2 nitrogen and oxygen atoms in total. The zero-order valence-electron chi connectivity index (χ0n) is 10.7. The molecule has 0 aromatic heterocycles. The third-order valence-corrected chi connectivity index (χ3v) is 3.21. The summed E-state index contributed by atoms with van der Waals surface area (Å²) in [6.45, 7) is 0.553. The topological polar surface area (TPSA) is 46.2 Å². The van der Waals surface area contributed by atoms with Crippen molar-refractivity contribution in [3.63, 3.8) is 0 Å². The SMILES string of the molecule is NCC(Cc1ccc(O)cc1)Cc1cccc(F)c1. The fraction of sp³-hybridized carbons (Fsp3) is 0.250. The van der Waals surface area contributed by atoms with Gasteiger partial charge in [-0.3, -0.25) is 0 Å². The Morgan fingerprint density at radius 2 is 1.68 bits per heavy atom. The van der Waals surface area contributed by atoms with E-state index < -0.39 is 0 Å². The predicted molar refractivity (Wildman–Crippen MR) is 74.5 cm³/mol.